The lowest BCUT2D eigenvalue weighted by Crippen LogP contribution is -1.98. The third kappa shape index (κ3) is 1.96. The highest BCUT2D eigenvalue weighted by molar-refractivity contribution is 6.29. The van der Waals surface area contributed by atoms with Crippen molar-refractivity contribution in [2.24, 2.45) is 0 Å². The van der Waals surface area contributed by atoms with E-state index in [1.54, 1.807) is 17.7 Å². The molecule has 0 saturated heterocycles. The zero-order chi connectivity index (χ0) is 10.8. The first-order chi connectivity index (χ1) is 7.24. The van der Waals surface area contributed by atoms with Crippen molar-refractivity contribution < 1.29 is 4.74 Å². The van der Waals surface area contributed by atoms with Gasteiger partial charge in [0.2, 0.25) is 0 Å². The summed E-state index contributed by atoms with van der Waals surface area (Å²) in [5.74, 6) is 0. The molecule has 80 valence electrons. The van der Waals surface area contributed by atoms with E-state index in [1.165, 1.54) is 0 Å². The smallest absolute Gasteiger partial charge is 0.157 e. The molecule has 15 heavy (non-hydrogen) atoms. The normalized spacial score (nSPS) is 11.1. The van der Waals surface area contributed by atoms with Gasteiger partial charge in [0.25, 0.3) is 0 Å². The summed E-state index contributed by atoms with van der Waals surface area (Å²) < 4.78 is 6.65. The molecule has 0 saturated carbocycles. The topological polar surface area (TPSA) is 39.4 Å². The van der Waals surface area contributed by atoms with E-state index in [0.29, 0.717) is 11.8 Å². The van der Waals surface area contributed by atoms with Gasteiger partial charge in [-0.25, -0.2) is 9.50 Å². The molecule has 0 spiro atoms. The maximum atomic E-state index is 6.07. The first-order valence-electron chi connectivity index (χ1n) is 4.77. The van der Waals surface area contributed by atoms with Gasteiger partial charge in [-0.05, 0) is 12.5 Å². The lowest BCUT2D eigenvalue weighted by molar-refractivity contribution is 0.181. The molecule has 0 atom stereocenters. The highest BCUT2D eigenvalue weighted by atomic mass is 35.5. The number of aryl methyl sites for hydroxylation is 1. The van der Waals surface area contributed by atoms with Crippen LogP contribution in [0.4, 0.5) is 0 Å². The Kier molecular flexibility index (Phi) is 2.88. The number of halogens is 1. The van der Waals surface area contributed by atoms with Gasteiger partial charge in [0.1, 0.15) is 5.15 Å². The Morgan fingerprint density at radius 1 is 1.40 bits per heavy atom. The molecule has 0 bridgehead atoms. The van der Waals surface area contributed by atoms with Gasteiger partial charge in [-0.3, -0.25) is 0 Å². The Morgan fingerprint density at radius 3 is 2.87 bits per heavy atom. The van der Waals surface area contributed by atoms with Crippen molar-refractivity contribution in [1.29, 1.82) is 0 Å². The summed E-state index contributed by atoms with van der Waals surface area (Å²) in [5, 5.41) is 4.88. The van der Waals surface area contributed by atoms with Crippen molar-refractivity contribution >= 4 is 17.2 Å². The molecule has 2 heterocycles. The molecular weight excluding hydrogens is 214 g/mol. The van der Waals surface area contributed by atoms with Gasteiger partial charge < -0.3 is 4.74 Å². The standard InChI is InChI=1S/C10H12ClN3O/c1-3-7-5-10-12-8(6-15-2)4-9(11)14(10)13-7/h4-5H,3,6H2,1-2H3. The molecule has 5 heteroatoms. The SMILES string of the molecule is CCc1cc2nc(COC)cc(Cl)n2n1. The van der Waals surface area contributed by atoms with Gasteiger partial charge in [-0.15, -0.1) is 0 Å². The summed E-state index contributed by atoms with van der Waals surface area (Å²) in [4.78, 5) is 4.39. The zero-order valence-corrected chi connectivity index (χ0v) is 9.45. The van der Waals surface area contributed by atoms with Gasteiger partial charge in [0.05, 0.1) is 18.0 Å². The van der Waals surface area contributed by atoms with Crippen LogP contribution in [0.5, 0.6) is 0 Å². The monoisotopic (exact) mass is 225 g/mol. The van der Waals surface area contributed by atoms with Crippen LogP contribution < -0.4 is 0 Å². The number of hydrogen-bond acceptors (Lipinski definition) is 3. The highest BCUT2D eigenvalue weighted by Crippen LogP contribution is 2.14. The Balaban J connectivity index is 2.54. The van der Waals surface area contributed by atoms with Crippen LogP contribution in [0.1, 0.15) is 18.3 Å². The van der Waals surface area contributed by atoms with E-state index in [9.17, 15) is 0 Å². The van der Waals surface area contributed by atoms with Crippen LogP contribution in [-0.4, -0.2) is 21.7 Å². The van der Waals surface area contributed by atoms with Crippen LogP contribution in [0, 0.1) is 0 Å². The second kappa shape index (κ2) is 4.16. The number of ether oxygens (including phenoxy) is 1. The summed E-state index contributed by atoms with van der Waals surface area (Å²) in [6.07, 6.45) is 0.874. The van der Waals surface area contributed by atoms with Crippen LogP contribution in [0.2, 0.25) is 5.15 Å². The minimum atomic E-state index is 0.461. The van der Waals surface area contributed by atoms with E-state index in [1.807, 2.05) is 13.0 Å². The van der Waals surface area contributed by atoms with Gasteiger partial charge in [-0.2, -0.15) is 5.10 Å². The lowest BCUT2D eigenvalue weighted by atomic mass is 10.3. The van der Waals surface area contributed by atoms with Gasteiger partial charge in [-0.1, -0.05) is 18.5 Å². The van der Waals surface area contributed by atoms with Crippen LogP contribution >= 0.6 is 11.6 Å². The summed E-state index contributed by atoms with van der Waals surface area (Å²) in [7, 11) is 1.63. The predicted molar refractivity (Wildman–Crippen MR) is 58.1 cm³/mol. The van der Waals surface area contributed by atoms with Crippen molar-refractivity contribution in [2.45, 2.75) is 20.0 Å². The number of nitrogens with zero attached hydrogens (tertiary/aromatic N) is 3. The number of fused-ring (bicyclic) bond motifs is 1. The third-order valence-corrected chi connectivity index (χ3v) is 2.41. The molecule has 0 N–H and O–H groups in total. The average Bonchev–Trinajstić information content (AvgIpc) is 2.62. The van der Waals surface area contributed by atoms with E-state index in [0.717, 1.165) is 23.5 Å². The predicted octanol–water partition coefficient (Wildman–Crippen LogP) is 2.09. The van der Waals surface area contributed by atoms with E-state index in [4.69, 9.17) is 16.3 Å². The van der Waals surface area contributed by atoms with Gasteiger partial charge in [0.15, 0.2) is 5.65 Å². The second-order valence-electron chi connectivity index (χ2n) is 3.26. The lowest BCUT2D eigenvalue weighted by Gasteiger charge is -2.01. The summed E-state index contributed by atoms with van der Waals surface area (Å²) >= 11 is 6.07. The third-order valence-electron chi connectivity index (χ3n) is 2.14. The van der Waals surface area contributed by atoms with Crippen LogP contribution in [0.25, 0.3) is 5.65 Å². The summed E-state index contributed by atoms with van der Waals surface area (Å²) in [5.41, 5.74) is 2.57. The van der Waals surface area contributed by atoms with Crippen LogP contribution in [-0.2, 0) is 17.8 Å². The van der Waals surface area contributed by atoms with Crippen molar-refractivity contribution in [3.63, 3.8) is 0 Å². The van der Waals surface area contributed by atoms with Crippen LogP contribution in [0.3, 0.4) is 0 Å². The van der Waals surface area contributed by atoms with Crippen molar-refractivity contribution in [3.8, 4) is 0 Å². The second-order valence-corrected chi connectivity index (χ2v) is 3.65. The molecule has 0 radical (unpaired) electrons. The molecule has 0 aromatic carbocycles. The molecule has 0 unspecified atom stereocenters. The summed E-state index contributed by atoms with van der Waals surface area (Å²) in [6.45, 7) is 2.51. The molecule has 2 aromatic heterocycles. The minimum Gasteiger partial charge on any atom is -0.378 e. The first-order valence-corrected chi connectivity index (χ1v) is 5.15. The largest absolute Gasteiger partial charge is 0.378 e. The van der Waals surface area contributed by atoms with Gasteiger partial charge in [0, 0.05) is 13.2 Å². The highest BCUT2D eigenvalue weighted by Gasteiger charge is 2.06. The molecule has 0 fully saturated rings. The quantitative estimate of drug-likeness (QED) is 0.751. The first kappa shape index (κ1) is 10.4. The number of hydrogen-bond donors (Lipinski definition) is 0. The Hall–Kier alpha value is -1.13. The summed E-state index contributed by atoms with van der Waals surface area (Å²) in [6, 6.07) is 3.70. The van der Waals surface area contributed by atoms with Crippen molar-refractivity contribution in [2.75, 3.05) is 7.11 Å². The molecular formula is C10H12ClN3O. The molecule has 2 aromatic rings. The molecule has 0 aliphatic carbocycles. The zero-order valence-electron chi connectivity index (χ0n) is 8.70. The molecule has 0 aliphatic rings. The number of rotatable bonds is 3. The van der Waals surface area contributed by atoms with Gasteiger partial charge >= 0.3 is 0 Å². The van der Waals surface area contributed by atoms with Crippen molar-refractivity contribution in [3.05, 3.63) is 28.7 Å². The maximum absolute atomic E-state index is 6.07. The minimum absolute atomic E-state index is 0.461. The molecule has 0 aliphatic heterocycles. The fraction of sp³-hybridized carbons (Fsp3) is 0.400. The van der Waals surface area contributed by atoms with E-state index in [2.05, 4.69) is 10.1 Å². The van der Waals surface area contributed by atoms with E-state index in [-0.39, 0.29) is 0 Å². The maximum Gasteiger partial charge on any atom is 0.157 e. The molecule has 0 amide bonds. The fourth-order valence-electron chi connectivity index (χ4n) is 1.43. The molecule has 2 rings (SSSR count). The van der Waals surface area contributed by atoms with Crippen molar-refractivity contribution in [1.82, 2.24) is 14.6 Å². The fourth-order valence-corrected chi connectivity index (χ4v) is 1.68. The number of aromatic nitrogens is 3. The Morgan fingerprint density at radius 2 is 2.20 bits per heavy atom. The Labute approximate surface area is 92.8 Å². The van der Waals surface area contributed by atoms with Crippen LogP contribution in [0.15, 0.2) is 12.1 Å². The molecule has 4 nitrogen and oxygen atoms in total. The Bertz CT molecular complexity index is 481. The van der Waals surface area contributed by atoms with E-state index < -0.39 is 0 Å². The van der Waals surface area contributed by atoms with E-state index >= 15 is 0 Å². The average molecular weight is 226 g/mol. The number of methoxy groups -OCH3 is 1.